The molecule has 0 aliphatic rings. The van der Waals surface area contributed by atoms with Crippen molar-refractivity contribution in [3.63, 3.8) is 0 Å². The minimum Gasteiger partial charge on any atom is -0.359 e. The summed E-state index contributed by atoms with van der Waals surface area (Å²) in [5, 5.41) is 8.36. The highest BCUT2D eigenvalue weighted by molar-refractivity contribution is 5.84. The van der Waals surface area contributed by atoms with E-state index in [-0.39, 0.29) is 23.6 Å². The molecule has 0 aromatic carbocycles. The lowest BCUT2D eigenvalue weighted by molar-refractivity contribution is -0.122. The number of unbranched alkanes of at least 4 members (excludes halogenated alkanes) is 2. The maximum Gasteiger partial charge on any atom is 0.219 e. The molecule has 122 valence electrons. The van der Waals surface area contributed by atoms with E-state index in [2.05, 4.69) is 16.0 Å². The highest BCUT2D eigenvalue weighted by Gasteiger charge is 2.15. The summed E-state index contributed by atoms with van der Waals surface area (Å²) in [5.74, 6) is 0.201. The molecule has 0 aliphatic heterocycles. The Hall–Kier alpha value is -1.43. The van der Waals surface area contributed by atoms with Crippen LogP contribution in [0.4, 0.5) is 0 Å². The Morgan fingerprint density at radius 1 is 0.952 bits per heavy atom. The predicted molar refractivity (Wildman–Crippen MR) is 82.9 cm³/mol. The summed E-state index contributed by atoms with van der Waals surface area (Å²) < 4.78 is 0. The first-order chi connectivity index (χ1) is 10.0. The van der Waals surface area contributed by atoms with Crippen LogP contribution in [0.2, 0.25) is 0 Å². The second-order valence-corrected chi connectivity index (χ2v) is 5.17. The molecule has 0 radical (unpaired) electrons. The second kappa shape index (κ2) is 12.3. The van der Waals surface area contributed by atoms with Crippen molar-refractivity contribution in [1.29, 1.82) is 0 Å². The Morgan fingerprint density at radius 2 is 1.62 bits per heavy atom. The molecule has 0 saturated carbocycles. The molecular weight excluding hydrogens is 270 g/mol. The Kier molecular flexibility index (Phi) is 11.5. The molecule has 3 N–H and O–H groups in total. The van der Waals surface area contributed by atoms with Crippen LogP contribution in [-0.4, -0.2) is 44.3 Å². The van der Waals surface area contributed by atoms with Gasteiger partial charge in [0.2, 0.25) is 11.8 Å². The average Bonchev–Trinajstić information content (AvgIpc) is 2.46. The summed E-state index contributed by atoms with van der Waals surface area (Å²) in [7, 11) is 3.41. The van der Waals surface area contributed by atoms with Gasteiger partial charge < -0.3 is 16.0 Å². The van der Waals surface area contributed by atoms with Crippen LogP contribution >= 0.6 is 0 Å². The molecule has 0 aliphatic carbocycles. The van der Waals surface area contributed by atoms with Crippen molar-refractivity contribution in [3.05, 3.63) is 0 Å². The van der Waals surface area contributed by atoms with E-state index in [1.54, 1.807) is 14.1 Å². The number of nitrogens with one attached hydrogen (secondary N) is 3. The van der Waals surface area contributed by atoms with Crippen molar-refractivity contribution in [2.75, 3.05) is 20.6 Å². The number of ketones is 1. The third-order valence-corrected chi connectivity index (χ3v) is 3.39. The van der Waals surface area contributed by atoms with Crippen molar-refractivity contribution in [1.82, 2.24) is 16.0 Å². The lowest BCUT2D eigenvalue weighted by Crippen LogP contribution is -2.34. The summed E-state index contributed by atoms with van der Waals surface area (Å²) in [4.78, 5) is 33.8. The van der Waals surface area contributed by atoms with Gasteiger partial charge in [0.05, 0.1) is 6.04 Å². The van der Waals surface area contributed by atoms with Gasteiger partial charge in [0, 0.05) is 33.4 Å². The van der Waals surface area contributed by atoms with E-state index in [9.17, 15) is 14.4 Å². The molecule has 0 saturated heterocycles. The highest BCUT2D eigenvalue weighted by Crippen LogP contribution is 2.07. The average molecular weight is 299 g/mol. The van der Waals surface area contributed by atoms with E-state index >= 15 is 0 Å². The van der Waals surface area contributed by atoms with Crippen molar-refractivity contribution >= 4 is 17.6 Å². The molecule has 0 bridgehead atoms. The summed E-state index contributed by atoms with van der Waals surface area (Å²) >= 11 is 0. The molecule has 0 aromatic rings. The number of carbonyl (C=O) groups is 3. The van der Waals surface area contributed by atoms with Crippen LogP contribution in [0.1, 0.15) is 51.9 Å². The van der Waals surface area contributed by atoms with Gasteiger partial charge in [0.15, 0.2) is 0 Å². The molecule has 0 rings (SSSR count). The third kappa shape index (κ3) is 11.0. The Bertz CT molecular complexity index is 332. The number of hydrogen-bond acceptors (Lipinski definition) is 4. The Morgan fingerprint density at radius 3 is 2.19 bits per heavy atom. The minimum absolute atomic E-state index is 0.0191. The topological polar surface area (TPSA) is 87.3 Å². The summed E-state index contributed by atoms with van der Waals surface area (Å²) in [5.41, 5.74) is 0. The quantitative estimate of drug-likeness (QED) is 0.464. The maximum absolute atomic E-state index is 12.0. The van der Waals surface area contributed by atoms with Gasteiger partial charge >= 0.3 is 0 Å². The summed E-state index contributed by atoms with van der Waals surface area (Å²) in [6.07, 6.45) is 5.03. The van der Waals surface area contributed by atoms with E-state index in [0.29, 0.717) is 19.4 Å². The van der Waals surface area contributed by atoms with Crippen molar-refractivity contribution in [2.45, 2.75) is 57.9 Å². The molecule has 21 heavy (non-hydrogen) atoms. The van der Waals surface area contributed by atoms with Gasteiger partial charge in [-0.15, -0.1) is 0 Å². The fraction of sp³-hybridized carbons (Fsp3) is 0.800. The van der Waals surface area contributed by atoms with Crippen LogP contribution in [0.3, 0.4) is 0 Å². The molecule has 6 heteroatoms. The standard InChI is InChI=1S/C15H29N3O3/c1-12(19)18-11-7-6-8-13(16-2)14(20)9-4-5-10-15(21)17-3/h13,16H,4-11H2,1-3H3,(H,17,21)(H,18,19). The zero-order chi connectivity index (χ0) is 16.1. The van der Waals surface area contributed by atoms with E-state index in [4.69, 9.17) is 0 Å². The number of rotatable bonds is 12. The van der Waals surface area contributed by atoms with Crippen LogP contribution in [0.5, 0.6) is 0 Å². The van der Waals surface area contributed by atoms with E-state index < -0.39 is 0 Å². The molecular formula is C15H29N3O3. The molecule has 6 nitrogen and oxygen atoms in total. The predicted octanol–water partition coefficient (Wildman–Crippen LogP) is 0.756. The van der Waals surface area contributed by atoms with E-state index in [0.717, 1.165) is 32.1 Å². The number of amides is 2. The van der Waals surface area contributed by atoms with Crippen molar-refractivity contribution < 1.29 is 14.4 Å². The van der Waals surface area contributed by atoms with Gasteiger partial charge in [0.1, 0.15) is 5.78 Å². The molecule has 0 heterocycles. The maximum atomic E-state index is 12.0. The lowest BCUT2D eigenvalue weighted by atomic mass is 10.0. The highest BCUT2D eigenvalue weighted by atomic mass is 16.2. The number of Topliss-reactive ketones (excluding diaryl/α,β-unsaturated/α-hetero) is 1. The van der Waals surface area contributed by atoms with Gasteiger partial charge in [-0.05, 0) is 39.2 Å². The first-order valence-corrected chi connectivity index (χ1v) is 7.66. The number of hydrogen-bond donors (Lipinski definition) is 3. The Balaban J connectivity index is 3.75. The fourth-order valence-electron chi connectivity index (χ4n) is 2.09. The molecule has 1 atom stereocenters. The minimum atomic E-state index is -0.123. The zero-order valence-electron chi connectivity index (χ0n) is 13.5. The number of carbonyl (C=O) groups excluding carboxylic acids is 3. The third-order valence-electron chi connectivity index (χ3n) is 3.39. The number of likely N-dealkylation sites (N-methyl/N-ethyl adjacent to an activating group) is 1. The van der Waals surface area contributed by atoms with Gasteiger partial charge in [-0.25, -0.2) is 0 Å². The van der Waals surface area contributed by atoms with Crippen molar-refractivity contribution in [3.8, 4) is 0 Å². The second-order valence-electron chi connectivity index (χ2n) is 5.17. The Labute approximate surface area is 127 Å². The first-order valence-electron chi connectivity index (χ1n) is 7.66. The molecule has 0 spiro atoms. The van der Waals surface area contributed by atoms with Gasteiger partial charge in [-0.3, -0.25) is 14.4 Å². The summed E-state index contributed by atoms with van der Waals surface area (Å²) in [6, 6.07) is -0.123. The fourth-order valence-corrected chi connectivity index (χ4v) is 2.09. The van der Waals surface area contributed by atoms with Crippen LogP contribution in [0, 0.1) is 0 Å². The molecule has 0 fully saturated rings. The normalized spacial score (nSPS) is 11.8. The van der Waals surface area contributed by atoms with E-state index in [1.165, 1.54) is 6.92 Å². The van der Waals surface area contributed by atoms with Crippen LogP contribution < -0.4 is 16.0 Å². The largest absolute Gasteiger partial charge is 0.359 e. The van der Waals surface area contributed by atoms with Crippen LogP contribution in [0.25, 0.3) is 0 Å². The van der Waals surface area contributed by atoms with Gasteiger partial charge in [-0.1, -0.05) is 0 Å². The monoisotopic (exact) mass is 299 g/mol. The van der Waals surface area contributed by atoms with Crippen LogP contribution in [0.15, 0.2) is 0 Å². The van der Waals surface area contributed by atoms with E-state index in [1.807, 2.05) is 0 Å². The molecule has 2 amide bonds. The van der Waals surface area contributed by atoms with Crippen LogP contribution in [-0.2, 0) is 14.4 Å². The SMILES string of the molecule is CNC(=O)CCCCC(=O)C(CCCCNC(C)=O)NC. The summed E-state index contributed by atoms with van der Waals surface area (Å²) in [6.45, 7) is 2.16. The van der Waals surface area contributed by atoms with Crippen molar-refractivity contribution in [2.24, 2.45) is 0 Å². The zero-order valence-corrected chi connectivity index (χ0v) is 13.5. The first kappa shape index (κ1) is 19.6. The smallest absolute Gasteiger partial charge is 0.219 e. The van der Waals surface area contributed by atoms with Gasteiger partial charge in [0.25, 0.3) is 0 Å². The molecule has 0 aromatic heterocycles. The lowest BCUT2D eigenvalue weighted by Gasteiger charge is -2.14. The molecule has 1 unspecified atom stereocenters. The van der Waals surface area contributed by atoms with Gasteiger partial charge in [-0.2, -0.15) is 0 Å².